The van der Waals surface area contributed by atoms with Crippen LogP contribution in [0.25, 0.3) is 0 Å². The van der Waals surface area contributed by atoms with Crippen molar-refractivity contribution in [2.75, 3.05) is 5.32 Å². The summed E-state index contributed by atoms with van der Waals surface area (Å²) >= 11 is 0. The maximum atomic E-state index is 13.9. The van der Waals surface area contributed by atoms with Crippen LogP contribution in [0.2, 0.25) is 0 Å². The van der Waals surface area contributed by atoms with Crippen molar-refractivity contribution in [2.24, 2.45) is 0 Å². The largest absolute Gasteiger partial charge is 0.444 e. The summed E-state index contributed by atoms with van der Waals surface area (Å²) in [6.45, 7) is 5.26. The molecule has 2 N–H and O–H groups in total. The Morgan fingerprint density at radius 1 is 1.04 bits per heavy atom. The van der Waals surface area contributed by atoms with Crippen molar-refractivity contribution >= 4 is 17.9 Å². The summed E-state index contributed by atoms with van der Waals surface area (Å²) in [4.78, 5) is 23.6. The van der Waals surface area contributed by atoms with Crippen molar-refractivity contribution in [3.8, 4) is 0 Å². The molecule has 0 bridgehead atoms. The fourth-order valence-electron chi connectivity index (χ4n) is 2.15. The average molecular weight is 374 g/mol. The first-order chi connectivity index (χ1) is 12.7. The molecule has 0 aromatic heterocycles. The van der Waals surface area contributed by atoms with Crippen molar-refractivity contribution in [2.45, 2.75) is 39.5 Å². The summed E-state index contributed by atoms with van der Waals surface area (Å²) in [5.41, 5.74) is 0.778. The molecule has 0 aliphatic heterocycles. The zero-order chi connectivity index (χ0) is 19.9. The van der Waals surface area contributed by atoms with Crippen LogP contribution in [0.3, 0.4) is 0 Å². The Balaban J connectivity index is 1.89. The first kappa shape index (κ1) is 20.2. The second-order valence-corrected chi connectivity index (χ2v) is 6.85. The smallest absolute Gasteiger partial charge is 0.411 e. The lowest BCUT2D eigenvalue weighted by atomic mass is 10.2. The van der Waals surface area contributed by atoms with E-state index in [0.29, 0.717) is 5.69 Å². The fourth-order valence-corrected chi connectivity index (χ4v) is 2.15. The summed E-state index contributed by atoms with van der Waals surface area (Å²) in [7, 11) is 0. The summed E-state index contributed by atoms with van der Waals surface area (Å²) in [6.07, 6.45) is -1.31. The summed E-state index contributed by atoms with van der Waals surface area (Å²) in [5.74, 6) is -0.505. The van der Waals surface area contributed by atoms with Crippen molar-refractivity contribution in [3.63, 3.8) is 0 Å². The third-order valence-corrected chi connectivity index (χ3v) is 3.33. The van der Waals surface area contributed by atoms with Crippen LogP contribution in [0.4, 0.5) is 19.7 Å². The lowest BCUT2D eigenvalue weighted by Gasteiger charge is -2.19. The highest BCUT2D eigenvalue weighted by Gasteiger charge is 2.16. The van der Waals surface area contributed by atoms with Crippen molar-refractivity contribution in [1.29, 1.82) is 0 Å². The molecule has 0 aliphatic rings. The van der Waals surface area contributed by atoms with Crippen LogP contribution in [-0.4, -0.2) is 17.8 Å². The Bertz CT molecular complexity index is 788. The highest BCUT2D eigenvalue weighted by molar-refractivity contribution is 5.84. The number of halogens is 1. The summed E-state index contributed by atoms with van der Waals surface area (Å²) < 4.78 is 24.2. The highest BCUT2D eigenvalue weighted by atomic mass is 19.1. The second kappa shape index (κ2) is 9.02. The van der Waals surface area contributed by atoms with E-state index >= 15 is 0 Å². The third kappa shape index (κ3) is 7.35. The topological polar surface area (TPSA) is 76.7 Å². The van der Waals surface area contributed by atoms with Gasteiger partial charge in [-0.05, 0) is 44.5 Å². The van der Waals surface area contributed by atoms with Crippen LogP contribution in [0.15, 0.2) is 48.5 Å². The quantitative estimate of drug-likeness (QED) is 0.802. The molecule has 0 spiro atoms. The molecule has 2 aromatic rings. The Kier molecular flexibility index (Phi) is 6.76. The molecule has 2 rings (SSSR count). The fraction of sp³-hybridized carbons (Fsp3) is 0.300. The molecular formula is C20H23FN2O4. The molecule has 0 saturated heterocycles. The lowest BCUT2D eigenvalue weighted by Crippen LogP contribution is -2.32. The molecule has 0 fully saturated rings. The van der Waals surface area contributed by atoms with Gasteiger partial charge >= 0.3 is 12.2 Å². The molecule has 6 nitrogen and oxygen atoms in total. The van der Waals surface area contributed by atoms with E-state index in [9.17, 15) is 14.0 Å². The number of anilines is 1. The molecule has 0 unspecified atom stereocenters. The molecular weight excluding hydrogens is 351 g/mol. The predicted molar refractivity (Wildman–Crippen MR) is 99.7 cm³/mol. The first-order valence-corrected chi connectivity index (χ1v) is 8.46. The van der Waals surface area contributed by atoms with E-state index in [1.807, 2.05) is 30.3 Å². The van der Waals surface area contributed by atoms with Gasteiger partial charge in [-0.3, -0.25) is 5.32 Å². The van der Waals surface area contributed by atoms with Gasteiger partial charge < -0.3 is 14.8 Å². The van der Waals surface area contributed by atoms with Gasteiger partial charge in [0.2, 0.25) is 0 Å². The number of alkyl carbamates (subject to hydrolysis) is 1. The number of rotatable bonds is 5. The molecule has 27 heavy (non-hydrogen) atoms. The van der Waals surface area contributed by atoms with Crippen molar-refractivity contribution in [3.05, 3.63) is 65.5 Å². The number of carbonyl (C=O) groups is 2. The van der Waals surface area contributed by atoms with Crippen LogP contribution in [0.1, 0.15) is 31.9 Å². The predicted octanol–water partition coefficient (Wildman–Crippen LogP) is 4.60. The minimum atomic E-state index is -0.656. The zero-order valence-electron chi connectivity index (χ0n) is 15.5. The average Bonchev–Trinajstić information content (AvgIpc) is 2.60. The van der Waals surface area contributed by atoms with Gasteiger partial charge in [-0.1, -0.05) is 30.3 Å². The Morgan fingerprint density at radius 3 is 2.41 bits per heavy atom. The van der Waals surface area contributed by atoms with E-state index in [-0.39, 0.29) is 18.7 Å². The van der Waals surface area contributed by atoms with Gasteiger partial charge in [0, 0.05) is 17.8 Å². The normalized spacial score (nSPS) is 10.8. The molecule has 0 radical (unpaired) electrons. The van der Waals surface area contributed by atoms with E-state index in [2.05, 4.69) is 10.6 Å². The molecule has 144 valence electrons. The number of amides is 2. The van der Waals surface area contributed by atoms with Gasteiger partial charge in [0.15, 0.2) is 0 Å². The van der Waals surface area contributed by atoms with Crippen LogP contribution >= 0.6 is 0 Å². The summed E-state index contributed by atoms with van der Waals surface area (Å²) in [5, 5.41) is 5.01. The zero-order valence-corrected chi connectivity index (χ0v) is 15.5. The van der Waals surface area contributed by atoms with Gasteiger partial charge in [-0.2, -0.15) is 0 Å². The van der Waals surface area contributed by atoms with E-state index in [1.54, 1.807) is 20.8 Å². The maximum absolute atomic E-state index is 13.9. The lowest BCUT2D eigenvalue weighted by molar-refractivity contribution is 0.0523. The van der Waals surface area contributed by atoms with Gasteiger partial charge in [-0.25, -0.2) is 14.0 Å². The number of ether oxygens (including phenoxy) is 2. The number of carbonyl (C=O) groups excluding carboxylic acids is 2. The van der Waals surface area contributed by atoms with Crippen LogP contribution < -0.4 is 10.6 Å². The molecule has 0 atom stereocenters. The molecule has 2 aromatic carbocycles. The van der Waals surface area contributed by atoms with Crippen LogP contribution in [0, 0.1) is 5.82 Å². The molecule has 2 amide bonds. The third-order valence-electron chi connectivity index (χ3n) is 3.33. The number of benzene rings is 2. The van der Waals surface area contributed by atoms with Gasteiger partial charge in [0.05, 0.1) is 0 Å². The van der Waals surface area contributed by atoms with E-state index in [1.165, 1.54) is 18.2 Å². The first-order valence-electron chi connectivity index (χ1n) is 8.46. The van der Waals surface area contributed by atoms with Gasteiger partial charge in [-0.15, -0.1) is 0 Å². The highest BCUT2D eigenvalue weighted by Crippen LogP contribution is 2.16. The SMILES string of the molecule is CC(C)(C)OC(=O)NCc1cc(NC(=O)OCc2ccccc2)ccc1F. The molecule has 0 aliphatic carbocycles. The maximum Gasteiger partial charge on any atom is 0.411 e. The second-order valence-electron chi connectivity index (χ2n) is 6.85. The number of hydrogen-bond donors (Lipinski definition) is 2. The van der Waals surface area contributed by atoms with Crippen molar-refractivity contribution < 1.29 is 23.5 Å². The Morgan fingerprint density at radius 2 is 1.74 bits per heavy atom. The minimum absolute atomic E-state index is 0.0741. The Labute approximate surface area is 157 Å². The Hall–Kier alpha value is -3.09. The van der Waals surface area contributed by atoms with Crippen LogP contribution in [-0.2, 0) is 22.6 Å². The monoisotopic (exact) mass is 374 g/mol. The standard InChI is InChI=1S/C20H23FN2O4/c1-20(2,3)27-18(24)22-12-15-11-16(9-10-17(15)21)23-19(25)26-13-14-7-5-4-6-8-14/h4-11H,12-13H2,1-3H3,(H,22,24)(H,23,25). The number of hydrogen-bond acceptors (Lipinski definition) is 4. The number of nitrogens with one attached hydrogen (secondary N) is 2. The molecule has 7 heteroatoms. The van der Waals surface area contributed by atoms with Crippen LogP contribution in [0.5, 0.6) is 0 Å². The van der Waals surface area contributed by atoms with E-state index < -0.39 is 23.6 Å². The molecule has 0 heterocycles. The summed E-state index contributed by atoms with van der Waals surface area (Å²) in [6, 6.07) is 13.3. The van der Waals surface area contributed by atoms with Crippen molar-refractivity contribution in [1.82, 2.24) is 5.32 Å². The van der Waals surface area contributed by atoms with E-state index in [0.717, 1.165) is 5.56 Å². The molecule has 0 saturated carbocycles. The minimum Gasteiger partial charge on any atom is -0.444 e. The van der Waals surface area contributed by atoms with E-state index in [4.69, 9.17) is 9.47 Å². The van der Waals surface area contributed by atoms with Gasteiger partial charge in [0.25, 0.3) is 0 Å². The van der Waals surface area contributed by atoms with Gasteiger partial charge in [0.1, 0.15) is 18.0 Å².